The topological polar surface area (TPSA) is 67.2 Å². The van der Waals surface area contributed by atoms with Crippen LogP contribution in [0, 0.1) is 21.8 Å². The van der Waals surface area contributed by atoms with Gasteiger partial charge in [-0.2, -0.15) is 0 Å². The molecule has 0 unspecified atom stereocenters. The first-order valence-electron chi connectivity index (χ1n) is 6.05. The van der Waals surface area contributed by atoms with E-state index in [0.717, 1.165) is 32.0 Å². The van der Waals surface area contributed by atoms with Crippen molar-refractivity contribution in [2.45, 2.75) is 12.8 Å². The largest absolute Gasteiger partial charge is 0.379 e. The molecule has 0 aromatic heterocycles. The van der Waals surface area contributed by atoms with Gasteiger partial charge in [-0.1, -0.05) is 0 Å². The van der Waals surface area contributed by atoms with Gasteiger partial charge < -0.3 is 10.6 Å². The van der Waals surface area contributed by atoms with E-state index in [1.165, 1.54) is 12.1 Å². The van der Waals surface area contributed by atoms with E-state index in [9.17, 15) is 14.5 Å². The highest BCUT2D eigenvalue weighted by atomic mass is 35.5. The number of benzene rings is 1. The molecule has 106 valence electrons. The molecule has 1 heterocycles. The van der Waals surface area contributed by atoms with Crippen molar-refractivity contribution in [1.82, 2.24) is 5.32 Å². The van der Waals surface area contributed by atoms with Gasteiger partial charge in [0.15, 0.2) is 0 Å². The molecule has 0 spiro atoms. The number of halogens is 2. The fraction of sp³-hybridized carbons (Fsp3) is 0.500. The van der Waals surface area contributed by atoms with Crippen LogP contribution in [0.25, 0.3) is 0 Å². The van der Waals surface area contributed by atoms with Crippen LogP contribution in [0.5, 0.6) is 0 Å². The van der Waals surface area contributed by atoms with Crippen LogP contribution in [0.4, 0.5) is 15.8 Å². The monoisotopic (exact) mass is 289 g/mol. The molecule has 2 N–H and O–H groups in total. The quantitative estimate of drug-likeness (QED) is 0.660. The van der Waals surface area contributed by atoms with Crippen molar-refractivity contribution in [3.63, 3.8) is 0 Å². The van der Waals surface area contributed by atoms with Crippen molar-refractivity contribution < 1.29 is 9.31 Å². The molecular weight excluding hydrogens is 273 g/mol. The van der Waals surface area contributed by atoms with Crippen LogP contribution >= 0.6 is 12.4 Å². The molecular formula is C12H17ClFN3O2. The van der Waals surface area contributed by atoms with Gasteiger partial charge in [0.1, 0.15) is 11.5 Å². The molecule has 7 heteroatoms. The summed E-state index contributed by atoms with van der Waals surface area (Å²) in [6, 6.07) is 3.61. The number of nitro groups is 1. The predicted octanol–water partition coefficient (Wildman–Crippen LogP) is 2.57. The predicted molar refractivity (Wildman–Crippen MR) is 74.4 cm³/mol. The minimum Gasteiger partial charge on any atom is -0.379 e. The summed E-state index contributed by atoms with van der Waals surface area (Å²) < 4.78 is 13.0. The molecule has 2 rings (SSSR count). The molecule has 1 aromatic rings. The minimum atomic E-state index is -0.589. The van der Waals surface area contributed by atoms with Gasteiger partial charge in [-0.15, -0.1) is 12.4 Å². The summed E-state index contributed by atoms with van der Waals surface area (Å²) in [5.41, 5.74) is 0.184. The minimum absolute atomic E-state index is 0. The maximum atomic E-state index is 13.0. The van der Waals surface area contributed by atoms with Crippen molar-refractivity contribution in [2.75, 3.05) is 25.0 Å². The Balaban J connectivity index is 0.00000180. The van der Waals surface area contributed by atoms with Gasteiger partial charge in [-0.25, -0.2) is 4.39 Å². The summed E-state index contributed by atoms with van der Waals surface area (Å²) in [7, 11) is 0. The van der Waals surface area contributed by atoms with Crippen molar-refractivity contribution >= 4 is 23.8 Å². The lowest BCUT2D eigenvalue weighted by Gasteiger charge is -2.23. The smallest absolute Gasteiger partial charge is 0.295 e. The van der Waals surface area contributed by atoms with Gasteiger partial charge in [0.2, 0.25) is 0 Å². The molecule has 19 heavy (non-hydrogen) atoms. The molecule has 5 nitrogen and oxygen atoms in total. The number of piperidine rings is 1. The Labute approximate surface area is 117 Å². The van der Waals surface area contributed by atoms with E-state index >= 15 is 0 Å². The van der Waals surface area contributed by atoms with Crippen LogP contribution in [0.15, 0.2) is 18.2 Å². The Bertz CT molecular complexity index is 439. The second-order valence-electron chi connectivity index (χ2n) is 4.49. The third-order valence-electron chi connectivity index (χ3n) is 3.20. The van der Waals surface area contributed by atoms with Gasteiger partial charge in [-0.05, 0) is 44.0 Å². The molecule has 0 amide bonds. The first-order valence-corrected chi connectivity index (χ1v) is 6.05. The number of nitrogens with one attached hydrogen (secondary N) is 2. The van der Waals surface area contributed by atoms with Crippen LogP contribution in [0.2, 0.25) is 0 Å². The first-order chi connectivity index (χ1) is 8.66. The summed E-state index contributed by atoms with van der Waals surface area (Å²) in [6.07, 6.45) is 2.12. The number of rotatable bonds is 4. The van der Waals surface area contributed by atoms with Crippen LogP contribution < -0.4 is 10.6 Å². The Morgan fingerprint density at radius 1 is 1.42 bits per heavy atom. The zero-order valence-electron chi connectivity index (χ0n) is 10.4. The Morgan fingerprint density at radius 2 is 2.11 bits per heavy atom. The van der Waals surface area contributed by atoms with E-state index in [0.29, 0.717) is 18.2 Å². The van der Waals surface area contributed by atoms with E-state index in [-0.39, 0.29) is 18.1 Å². The summed E-state index contributed by atoms with van der Waals surface area (Å²) in [6.45, 7) is 2.66. The van der Waals surface area contributed by atoms with Crippen LogP contribution in [0.3, 0.4) is 0 Å². The van der Waals surface area contributed by atoms with Crippen molar-refractivity contribution in [1.29, 1.82) is 0 Å². The highest BCUT2D eigenvalue weighted by Gasteiger charge is 2.17. The number of anilines is 1. The SMILES string of the molecule is Cl.O=[N+]([O-])c1cc(F)ccc1NCC1CCNCC1. The normalized spacial score (nSPS) is 15.6. The molecule has 0 aliphatic carbocycles. The Morgan fingerprint density at radius 3 is 2.74 bits per heavy atom. The summed E-state index contributed by atoms with van der Waals surface area (Å²) in [4.78, 5) is 10.3. The molecule has 0 radical (unpaired) electrons. The van der Waals surface area contributed by atoms with Crippen molar-refractivity contribution in [3.05, 3.63) is 34.1 Å². The lowest BCUT2D eigenvalue weighted by Crippen LogP contribution is -2.31. The highest BCUT2D eigenvalue weighted by molar-refractivity contribution is 5.85. The van der Waals surface area contributed by atoms with E-state index in [4.69, 9.17) is 0 Å². The summed E-state index contributed by atoms with van der Waals surface area (Å²) >= 11 is 0. The van der Waals surface area contributed by atoms with E-state index in [1.807, 2.05) is 0 Å². The highest BCUT2D eigenvalue weighted by Crippen LogP contribution is 2.25. The maximum Gasteiger partial charge on any atom is 0.295 e. The fourth-order valence-corrected chi connectivity index (χ4v) is 2.15. The Hall–Kier alpha value is -1.40. The van der Waals surface area contributed by atoms with Crippen molar-refractivity contribution in [2.24, 2.45) is 5.92 Å². The summed E-state index contributed by atoms with van der Waals surface area (Å²) in [5, 5.41) is 17.1. The number of hydrogen-bond acceptors (Lipinski definition) is 4. The third-order valence-corrected chi connectivity index (χ3v) is 3.20. The number of hydrogen-bond donors (Lipinski definition) is 2. The standard InChI is InChI=1S/C12H16FN3O2.ClH/c13-10-1-2-11(12(7-10)16(17)18)15-8-9-3-5-14-6-4-9;/h1-2,7,9,14-15H,3-6,8H2;1H. The van der Waals surface area contributed by atoms with E-state index in [2.05, 4.69) is 10.6 Å². The molecule has 1 aliphatic heterocycles. The van der Waals surface area contributed by atoms with Gasteiger partial charge in [0.05, 0.1) is 11.0 Å². The van der Waals surface area contributed by atoms with Crippen LogP contribution in [0.1, 0.15) is 12.8 Å². The molecule has 1 aliphatic rings. The van der Waals surface area contributed by atoms with Crippen molar-refractivity contribution in [3.8, 4) is 0 Å². The van der Waals surface area contributed by atoms with Crippen LogP contribution in [-0.2, 0) is 0 Å². The van der Waals surface area contributed by atoms with Gasteiger partial charge in [0.25, 0.3) is 5.69 Å². The second kappa shape index (κ2) is 7.25. The molecule has 0 atom stereocenters. The van der Waals surface area contributed by atoms with E-state index < -0.39 is 10.7 Å². The molecule has 1 aromatic carbocycles. The van der Waals surface area contributed by atoms with E-state index in [1.54, 1.807) is 0 Å². The lowest BCUT2D eigenvalue weighted by atomic mass is 9.98. The second-order valence-corrected chi connectivity index (χ2v) is 4.49. The first kappa shape index (κ1) is 15.7. The van der Waals surface area contributed by atoms with Crippen LogP contribution in [-0.4, -0.2) is 24.6 Å². The average molecular weight is 290 g/mol. The van der Waals surface area contributed by atoms with Gasteiger partial charge >= 0.3 is 0 Å². The lowest BCUT2D eigenvalue weighted by molar-refractivity contribution is -0.384. The molecule has 1 fully saturated rings. The Kier molecular flexibility index (Phi) is 5.98. The zero-order chi connectivity index (χ0) is 13.0. The molecule has 0 bridgehead atoms. The number of nitro benzene ring substituents is 1. The number of nitrogens with zero attached hydrogens (tertiary/aromatic N) is 1. The molecule has 0 saturated carbocycles. The van der Waals surface area contributed by atoms with Gasteiger partial charge in [-0.3, -0.25) is 10.1 Å². The summed E-state index contributed by atoms with van der Waals surface area (Å²) in [5.74, 6) is -0.0787. The third kappa shape index (κ3) is 4.33. The average Bonchev–Trinajstić information content (AvgIpc) is 2.38. The van der Waals surface area contributed by atoms with Gasteiger partial charge in [0, 0.05) is 6.54 Å². The maximum absolute atomic E-state index is 13.0. The molecule has 1 saturated heterocycles. The fourth-order valence-electron chi connectivity index (χ4n) is 2.15. The zero-order valence-corrected chi connectivity index (χ0v) is 11.2.